The SMILES string of the molecule is c1ccc(-c2noc(-c3ccc(N4CCN(c5ccccc5)CC4)nn3)n2)cc1. The van der Waals surface area contributed by atoms with Gasteiger partial charge in [-0.25, -0.2) is 0 Å². The Balaban J connectivity index is 1.26. The van der Waals surface area contributed by atoms with E-state index in [2.05, 4.69) is 54.4 Å². The third-order valence-corrected chi connectivity index (χ3v) is 5.05. The summed E-state index contributed by atoms with van der Waals surface area (Å²) in [6.45, 7) is 3.72. The maximum absolute atomic E-state index is 5.37. The van der Waals surface area contributed by atoms with Crippen LogP contribution < -0.4 is 9.80 Å². The van der Waals surface area contributed by atoms with Gasteiger partial charge in [0, 0.05) is 37.4 Å². The molecule has 0 saturated carbocycles. The molecule has 1 saturated heterocycles. The topological polar surface area (TPSA) is 71.2 Å². The predicted octanol–water partition coefficient (Wildman–Crippen LogP) is 3.52. The van der Waals surface area contributed by atoms with Crippen LogP contribution >= 0.6 is 0 Å². The Bertz CT molecular complexity index is 1060. The molecule has 3 heterocycles. The van der Waals surface area contributed by atoms with Crippen LogP contribution in [0.25, 0.3) is 23.0 Å². The lowest BCUT2D eigenvalue weighted by molar-refractivity contribution is 0.430. The molecule has 7 heteroatoms. The molecular formula is C22H20N6O. The summed E-state index contributed by atoms with van der Waals surface area (Å²) in [4.78, 5) is 9.08. The standard InChI is InChI=1S/C22H20N6O/c1-3-7-17(8-4-1)21-23-22(29-26-21)19-11-12-20(25-24-19)28-15-13-27(14-16-28)18-9-5-2-6-10-18/h1-12H,13-16H2. The van der Waals surface area contributed by atoms with Gasteiger partial charge in [-0.3, -0.25) is 0 Å². The molecule has 144 valence electrons. The van der Waals surface area contributed by atoms with Crippen LogP contribution in [0.2, 0.25) is 0 Å². The van der Waals surface area contributed by atoms with Crippen LogP contribution in [0.1, 0.15) is 0 Å². The van der Waals surface area contributed by atoms with Gasteiger partial charge in [0.05, 0.1) is 0 Å². The molecular weight excluding hydrogens is 364 g/mol. The van der Waals surface area contributed by atoms with Crippen LogP contribution in [0.15, 0.2) is 77.3 Å². The molecule has 1 aliphatic rings. The molecule has 2 aromatic carbocycles. The number of hydrogen-bond acceptors (Lipinski definition) is 7. The lowest BCUT2D eigenvalue weighted by Gasteiger charge is -2.36. The Kier molecular flexibility index (Phi) is 4.62. The molecule has 1 aliphatic heterocycles. The minimum atomic E-state index is 0.372. The first-order valence-electron chi connectivity index (χ1n) is 9.65. The molecule has 5 rings (SSSR count). The van der Waals surface area contributed by atoms with Crippen molar-refractivity contribution >= 4 is 11.5 Å². The van der Waals surface area contributed by atoms with Crippen molar-refractivity contribution in [2.75, 3.05) is 36.0 Å². The van der Waals surface area contributed by atoms with Crippen LogP contribution in [-0.2, 0) is 0 Å². The van der Waals surface area contributed by atoms with E-state index in [0.717, 1.165) is 37.6 Å². The van der Waals surface area contributed by atoms with Crippen molar-refractivity contribution in [1.82, 2.24) is 20.3 Å². The lowest BCUT2D eigenvalue weighted by Crippen LogP contribution is -2.46. The van der Waals surface area contributed by atoms with Crippen molar-refractivity contribution in [2.45, 2.75) is 0 Å². The molecule has 0 spiro atoms. The van der Waals surface area contributed by atoms with E-state index in [-0.39, 0.29) is 0 Å². The summed E-state index contributed by atoms with van der Waals surface area (Å²) in [7, 11) is 0. The number of piperazine rings is 1. The van der Waals surface area contributed by atoms with Crippen LogP contribution in [0.5, 0.6) is 0 Å². The van der Waals surface area contributed by atoms with Crippen molar-refractivity contribution in [3.8, 4) is 23.0 Å². The summed E-state index contributed by atoms with van der Waals surface area (Å²) in [5.41, 5.74) is 2.74. The van der Waals surface area contributed by atoms with Crippen molar-refractivity contribution in [2.24, 2.45) is 0 Å². The van der Waals surface area contributed by atoms with Crippen molar-refractivity contribution in [3.05, 3.63) is 72.8 Å². The highest BCUT2D eigenvalue weighted by molar-refractivity contribution is 5.58. The number of rotatable bonds is 4. The fourth-order valence-corrected chi connectivity index (χ4v) is 3.47. The third kappa shape index (κ3) is 3.67. The first kappa shape index (κ1) is 17.4. The van der Waals surface area contributed by atoms with Gasteiger partial charge in [0.15, 0.2) is 11.5 Å². The van der Waals surface area contributed by atoms with E-state index in [0.29, 0.717) is 17.4 Å². The van der Waals surface area contributed by atoms with Gasteiger partial charge in [-0.2, -0.15) is 4.98 Å². The molecule has 0 aliphatic carbocycles. The smallest absolute Gasteiger partial charge is 0.278 e. The zero-order valence-corrected chi connectivity index (χ0v) is 15.8. The van der Waals surface area contributed by atoms with E-state index >= 15 is 0 Å². The second-order valence-electron chi connectivity index (χ2n) is 6.88. The molecule has 4 aromatic rings. The Morgan fingerprint density at radius 2 is 1.38 bits per heavy atom. The maximum atomic E-state index is 5.37. The highest BCUT2D eigenvalue weighted by Crippen LogP contribution is 2.22. The zero-order valence-electron chi connectivity index (χ0n) is 15.8. The van der Waals surface area contributed by atoms with E-state index in [1.807, 2.05) is 48.5 Å². The summed E-state index contributed by atoms with van der Waals surface area (Å²) >= 11 is 0. The van der Waals surface area contributed by atoms with Crippen LogP contribution in [0.3, 0.4) is 0 Å². The van der Waals surface area contributed by atoms with Gasteiger partial charge < -0.3 is 14.3 Å². The average molecular weight is 384 g/mol. The van der Waals surface area contributed by atoms with Gasteiger partial charge in [-0.15, -0.1) is 10.2 Å². The number of para-hydroxylation sites is 1. The molecule has 0 amide bonds. The predicted molar refractivity (Wildman–Crippen MR) is 112 cm³/mol. The summed E-state index contributed by atoms with van der Waals surface area (Å²) < 4.78 is 5.37. The van der Waals surface area contributed by atoms with Crippen molar-refractivity contribution in [1.29, 1.82) is 0 Å². The zero-order chi connectivity index (χ0) is 19.5. The third-order valence-electron chi connectivity index (χ3n) is 5.05. The van der Waals surface area contributed by atoms with Crippen molar-refractivity contribution < 1.29 is 4.52 Å². The normalized spacial score (nSPS) is 14.2. The molecule has 0 bridgehead atoms. The number of benzene rings is 2. The van der Waals surface area contributed by atoms with Gasteiger partial charge in [0.1, 0.15) is 0 Å². The summed E-state index contributed by atoms with van der Waals surface area (Å²) in [5.74, 6) is 1.78. The largest absolute Gasteiger partial charge is 0.368 e. The molecule has 2 aromatic heterocycles. The Hall–Kier alpha value is -3.74. The number of aromatic nitrogens is 4. The maximum Gasteiger partial charge on any atom is 0.278 e. The molecule has 0 radical (unpaired) electrons. The van der Waals surface area contributed by atoms with Crippen molar-refractivity contribution in [3.63, 3.8) is 0 Å². The first-order chi connectivity index (χ1) is 14.4. The fraction of sp³-hybridized carbons (Fsp3) is 0.182. The highest BCUT2D eigenvalue weighted by Gasteiger charge is 2.19. The molecule has 1 fully saturated rings. The average Bonchev–Trinajstić information content (AvgIpc) is 3.31. The quantitative estimate of drug-likeness (QED) is 0.533. The number of anilines is 2. The van der Waals surface area contributed by atoms with E-state index in [4.69, 9.17) is 4.52 Å². The lowest BCUT2D eigenvalue weighted by atomic mass is 10.2. The van der Waals surface area contributed by atoms with Gasteiger partial charge in [-0.1, -0.05) is 53.7 Å². The Labute approximate surface area is 168 Å². The van der Waals surface area contributed by atoms with E-state index in [9.17, 15) is 0 Å². The minimum Gasteiger partial charge on any atom is -0.368 e. The van der Waals surface area contributed by atoms with Gasteiger partial charge in [0.2, 0.25) is 5.82 Å². The second-order valence-corrected chi connectivity index (χ2v) is 6.88. The number of nitrogens with zero attached hydrogens (tertiary/aromatic N) is 6. The van der Waals surface area contributed by atoms with Gasteiger partial charge >= 0.3 is 0 Å². The Morgan fingerprint density at radius 1 is 0.690 bits per heavy atom. The summed E-state index contributed by atoms with van der Waals surface area (Å²) in [6, 6.07) is 24.1. The Morgan fingerprint density at radius 3 is 2.07 bits per heavy atom. The first-order valence-corrected chi connectivity index (χ1v) is 9.65. The summed E-state index contributed by atoms with van der Waals surface area (Å²) in [6.07, 6.45) is 0. The molecule has 0 unspecified atom stereocenters. The number of hydrogen-bond donors (Lipinski definition) is 0. The highest BCUT2D eigenvalue weighted by atomic mass is 16.5. The molecule has 0 atom stereocenters. The van der Waals surface area contributed by atoms with Crippen LogP contribution in [0.4, 0.5) is 11.5 Å². The monoisotopic (exact) mass is 384 g/mol. The second kappa shape index (κ2) is 7.71. The van der Waals surface area contributed by atoms with Gasteiger partial charge in [-0.05, 0) is 24.3 Å². The van der Waals surface area contributed by atoms with Crippen LogP contribution in [-0.4, -0.2) is 46.5 Å². The van der Waals surface area contributed by atoms with E-state index in [1.54, 1.807) is 0 Å². The van der Waals surface area contributed by atoms with Gasteiger partial charge in [0.25, 0.3) is 5.89 Å². The molecule has 0 N–H and O–H groups in total. The summed E-state index contributed by atoms with van der Waals surface area (Å²) in [5, 5.41) is 12.7. The van der Waals surface area contributed by atoms with E-state index < -0.39 is 0 Å². The minimum absolute atomic E-state index is 0.372. The fourth-order valence-electron chi connectivity index (χ4n) is 3.47. The van der Waals surface area contributed by atoms with E-state index in [1.165, 1.54) is 5.69 Å². The van der Waals surface area contributed by atoms with Crippen LogP contribution in [0, 0.1) is 0 Å². The molecule has 29 heavy (non-hydrogen) atoms. The molecule has 7 nitrogen and oxygen atoms in total.